The molecular weight excluding hydrogens is 326 g/mol. The summed E-state index contributed by atoms with van der Waals surface area (Å²) in [5, 5.41) is 0. The van der Waals surface area contributed by atoms with Crippen molar-refractivity contribution < 1.29 is 4.79 Å². The Morgan fingerprint density at radius 3 is 2.57 bits per heavy atom. The third-order valence-corrected chi connectivity index (χ3v) is 6.35. The van der Waals surface area contributed by atoms with Gasteiger partial charge in [0.1, 0.15) is 0 Å². The number of rotatable bonds is 1. The van der Waals surface area contributed by atoms with Crippen LogP contribution >= 0.6 is 15.9 Å². The van der Waals surface area contributed by atoms with Crippen molar-refractivity contribution in [2.24, 2.45) is 0 Å². The van der Waals surface area contributed by atoms with E-state index in [4.69, 9.17) is 0 Å². The first kappa shape index (κ1) is 13.8. The first-order chi connectivity index (χ1) is 10.2. The van der Waals surface area contributed by atoms with E-state index in [-0.39, 0.29) is 5.92 Å². The van der Waals surface area contributed by atoms with Crippen molar-refractivity contribution in [3.8, 4) is 0 Å². The van der Waals surface area contributed by atoms with Crippen molar-refractivity contribution in [1.82, 2.24) is 4.90 Å². The van der Waals surface area contributed by atoms with Gasteiger partial charge in [-0.3, -0.25) is 4.79 Å². The second kappa shape index (κ2) is 5.42. The van der Waals surface area contributed by atoms with Crippen molar-refractivity contribution in [3.05, 3.63) is 35.4 Å². The van der Waals surface area contributed by atoms with Crippen LogP contribution in [0.5, 0.6) is 0 Å². The molecule has 2 bridgehead atoms. The highest BCUT2D eigenvalue weighted by molar-refractivity contribution is 9.09. The van der Waals surface area contributed by atoms with Gasteiger partial charge in [0.15, 0.2) is 0 Å². The molecule has 3 heteroatoms. The molecule has 2 nitrogen and oxygen atoms in total. The van der Waals surface area contributed by atoms with E-state index in [1.807, 2.05) is 0 Å². The summed E-state index contributed by atoms with van der Waals surface area (Å²) < 4.78 is 0. The molecular formula is C18H22BrNO. The van der Waals surface area contributed by atoms with E-state index in [0.29, 0.717) is 22.8 Å². The van der Waals surface area contributed by atoms with Gasteiger partial charge >= 0.3 is 0 Å². The van der Waals surface area contributed by atoms with E-state index < -0.39 is 0 Å². The fourth-order valence-corrected chi connectivity index (χ4v) is 5.52. The number of nitrogens with zero attached hydrogens (tertiary/aromatic N) is 1. The van der Waals surface area contributed by atoms with E-state index in [9.17, 15) is 4.79 Å². The van der Waals surface area contributed by atoms with Crippen LogP contribution in [0.2, 0.25) is 0 Å². The molecule has 1 aromatic rings. The first-order valence-electron chi connectivity index (χ1n) is 8.28. The van der Waals surface area contributed by atoms with Crippen molar-refractivity contribution >= 4 is 21.8 Å². The second-order valence-corrected chi connectivity index (χ2v) is 8.14. The van der Waals surface area contributed by atoms with Gasteiger partial charge in [-0.25, -0.2) is 0 Å². The topological polar surface area (TPSA) is 20.3 Å². The van der Waals surface area contributed by atoms with Crippen LogP contribution < -0.4 is 0 Å². The zero-order valence-corrected chi connectivity index (χ0v) is 13.9. The van der Waals surface area contributed by atoms with Crippen molar-refractivity contribution in [3.63, 3.8) is 0 Å². The molecule has 2 heterocycles. The molecule has 1 amide bonds. The maximum Gasteiger partial charge on any atom is 0.230 e. The molecule has 0 radical (unpaired) electrons. The predicted molar refractivity (Wildman–Crippen MR) is 87.7 cm³/mol. The Balaban J connectivity index is 1.62. The highest BCUT2D eigenvalue weighted by Gasteiger charge is 2.44. The highest BCUT2D eigenvalue weighted by atomic mass is 79.9. The lowest BCUT2D eigenvalue weighted by atomic mass is 9.81. The minimum atomic E-state index is 0.116. The van der Waals surface area contributed by atoms with Crippen LogP contribution in [0.15, 0.2) is 24.3 Å². The van der Waals surface area contributed by atoms with Crippen molar-refractivity contribution in [1.29, 1.82) is 0 Å². The van der Waals surface area contributed by atoms with Gasteiger partial charge in [-0.1, -0.05) is 40.2 Å². The SMILES string of the molecule is O=C(C1CCCc2ccccc21)N1C2CCC1CC(Br)C2. The smallest absolute Gasteiger partial charge is 0.230 e. The number of halogens is 1. The van der Waals surface area contributed by atoms with E-state index in [1.165, 1.54) is 24.0 Å². The fourth-order valence-electron chi connectivity index (χ4n) is 4.66. The molecule has 0 aromatic heterocycles. The molecule has 1 aliphatic carbocycles. The molecule has 112 valence electrons. The van der Waals surface area contributed by atoms with Crippen molar-refractivity contribution in [2.45, 2.75) is 67.8 Å². The van der Waals surface area contributed by atoms with Gasteiger partial charge in [0.2, 0.25) is 5.91 Å². The van der Waals surface area contributed by atoms with Crippen molar-refractivity contribution in [2.75, 3.05) is 0 Å². The number of amides is 1. The highest BCUT2D eigenvalue weighted by Crippen LogP contribution is 2.42. The van der Waals surface area contributed by atoms with Gasteiger partial charge in [-0.2, -0.15) is 0 Å². The van der Waals surface area contributed by atoms with Crippen LogP contribution in [-0.2, 0) is 11.2 Å². The quantitative estimate of drug-likeness (QED) is 0.702. The second-order valence-electron chi connectivity index (χ2n) is 6.84. The maximum absolute atomic E-state index is 13.2. The minimum absolute atomic E-state index is 0.116. The Hall–Kier alpha value is -0.830. The summed E-state index contributed by atoms with van der Waals surface area (Å²) in [6, 6.07) is 9.53. The Kier molecular flexibility index (Phi) is 3.56. The van der Waals surface area contributed by atoms with E-state index in [2.05, 4.69) is 45.1 Å². The number of hydrogen-bond donors (Lipinski definition) is 0. The molecule has 21 heavy (non-hydrogen) atoms. The lowest BCUT2D eigenvalue weighted by molar-refractivity contribution is -0.137. The number of hydrogen-bond acceptors (Lipinski definition) is 1. The Morgan fingerprint density at radius 1 is 1.10 bits per heavy atom. The van der Waals surface area contributed by atoms with Crippen LogP contribution in [0, 0.1) is 0 Å². The zero-order chi connectivity index (χ0) is 14.4. The predicted octanol–water partition coefficient (Wildman–Crippen LogP) is 4.02. The average molecular weight is 348 g/mol. The number of alkyl halides is 1. The minimum Gasteiger partial charge on any atom is -0.336 e. The van der Waals surface area contributed by atoms with Gasteiger partial charge in [0.05, 0.1) is 5.92 Å². The molecule has 0 saturated carbocycles. The number of piperidine rings is 1. The van der Waals surface area contributed by atoms with Crippen LogP contribution in [0.3, 0.4) is 0 Å². The molecule has 4 rings (SSSR count). The monoisotopic (exact) mass is 347 g/mol. The Bertz CT molecular complexity index is 544. The number of benzene rings is 1. The summed E-state index contributed by atoms with van der Waals surface area (Å²) in [4.78, 5) is 16.1. The summed E-state index contributed by atoms with van der Waals surface area (Å²) in [5.74, 6) is 0.527. The lowest BCUT2D eigenvalue weighted by Gasteiger charge is -2.40. The van der Waals surface area contributed by atoms with Crippen LogP contribution in [0.1, 0.15) is 55.6 Å². The number of aryl methyl sites for hydroxylation is 1. The first-order valence-corrected chi connectivity index (χ1v) is 9.19. The molecule has 0 spiro atoms. The largest absolute Gasteiger partial charge is 0.336 e. The molecule has 3 unspecified atom stereocenters. The normalized spacial score (nSPS) is 34.6. The Morgan fingerprint density at radius 2 is 1.81 bits per heavy atom. The number of fused-ring (bicyclic) bond motifs is 3. The van der Waals surface area contributed by atoms with Crippen LogP contribution in [0.4, 0.5) is 0 Å². The summed E-state index contributed by atoms with van der Waals surface area (Å²) in [5.41, 5.74) is 2.69. The third kappa shape index (κ3) is 2.34. The summed E-state index contributed by atoms with van der Waals surface area (Å²) in [6.45, 7) is 0. The molecule has 3 aliphatic rings. The summed E-state index contributed by atoms with van der Waals surface area (Å²) >= 11 is 3.77. The molecule has 2 fully saturated rings. The van der Waals surface area contributed by atoms with E-state index >= 15 is 0 Å². The third-order valence-electron chi connectivity index (χ3n) is 5.60. The van der Waals surface area contributed by atoms with Gasteiger partial charge in [0.25, 0.3) is 0 Å². The molecule has 3 atom stereocenters. The molecule has 1 aromatic carbocycles. The standard InChI is InChI=1S/C18H22BrNO/c19-13-10-14-8-9-15(11-13)20(14)18(21)17-7-3-5-12-4-1-2-6-16(12)17/h1-2,4,6,13-15,17H,3,5,7-11H2. The molecule has 0 N–H and O–H groups in total. The Labute approximate surface area is 135 Å². The van der Waals surface area contributed by atoms with Gasteiger partial charge in [-0.15, -0.1) is 0 Å². The van der Waals surface area contributed by atoms with E-state index in [0.717, 1.165) is 32.1 Å². The zero-order valence-electron chi connectivity index (χ0n) is 12.3. The van der Waals surface area contributed by atoms with Crippen LogP contribution in [-0.4, -0.2) is 27.7 Å². The van der Waals surface area contributed by atoms with Crippen LogP contribution in [0.25, 0.3) is 0 Å². The summed E-state index contributed by atoms with van der Waals surface area (Å²) in [7, 11) is 0. The lowest BCUT2D eigenvalue weighted by Crippen LogP contribution is -2.49. The van der Waals surface area contributed by atoms with Gasteiger partial charge in [0, 0.05) is 16.9 Å². The average Bonchev–Trinajstić information content (AvgIpc) is 2.78. The summed E-state index contributed by atoms with van der Waals surface area (Å²) in [6.07, 6.45) is 7.99. The maximum atomic E-state index is 13.2. The fraction of sp³-hybridized carbons (Fsp3) is 0.611. The number of carbonyl (C=O) groups excluding carboxylic acids is 1. The number of carbonyl (C=O) groups is 1. The molecule has 2 saturated heterocycles. The van der Waals surface area contributed by atoms with Gasteiger partial charge < -0.3 is 4.90 Å². The van der Waals surface area contributed by atoms with Gasteiger partial charge in [-0.05, 0) is 56.1 Å². The van der Waals surface area contributed by atoms with E-state index in [1.54, 1.807) is 0 Å². The molecule has 2 aliphatic heterocycles.